The minimum Gasteiger partial charge on any atom is -0.304 e. The van der Waals surface area contributed by atoms with Crippen LogP contribution in [0.5, 0.6) is 0 Å². The Balaban J connectivity index is 1.35. The molecule has 6 nitrogen and oxygen atoms in total. The van der Waals surface area contributed by atoms with Gasteiger partial charge in [0, 0.05) is 34.8 Å². The number of thiophene rings is 1. The number of aromatic nitrogens is 5. The molecule has 0 radical (unpaired) electrons. The Hall–Kier alpha value is -1.97. The van der Waals surface area contributed by atoms with Crippen LogP contribution in [0.3, 0.4) is 0 Å². The molecule has 1 aliphatic rings. The zero-order valence-electron chi connectivity index (χ0n) is 19.0. The van der Waals surface area contributed by atoms with Gasteiger partial charge in [0.25, 0.3) is 5.56 Å². The highest BCUT2D eigenvalue weighted by Crippen LogP contribution is 2.42. The van der Waals surface area contributed by atoms with Crippen LogP contribution in [-0.2, 0) is 25.6 Å². The molecule has 1 atom stereocenters. The van der Waals surface area contributed by atoms with Crippen molar-refractivity contribution in [3.63, 3.8) is 0 Å². The third-order valence-electron chi connectivity index (χ3n) is 6.34. The SMILES string of the molecule is Cc1csc2nc(CSc3nnc(-c4cc5c(s4)CCC(C(C)(C)C)C5)n3C)cc(=O)n12. The Bertz CT molecular complexity index is 1350. The first-order chi connectivity index (χ1) is 15.2. The monoisotopic (exact) mass is 485 g/mol. The number of hydrogen-bond acceptors (Lipinski definition) is 7. The molecular weight excluding hydrogens is 458 g/mol. The van der Waals surface area contributed by atoms with E-state index in [1.165, 1.54) is 33.1 Å². The van der Waals surface area contributed by atoms with E-state index in [2.05, 4.69) is 46.6 Å². The minimum atomic E-state index is -0.0271. The Kier molecular flexibility index (Phi) is 5.54. The molecule has 0 fully saturated rings. The molecular formula is C23H27N5OS3. The normalized spacial score (nSPS) is 16.6. The number of thiazole rings is 1. The summed E-state index contributed by atoms with van der Waals surface area (Å²) in [5, 5.41) is 11.7. The number of aryl methyl sites for hydroxylation is 2. The van der Waals surface area contributed by atoms with Crippen molar-refractivity contribution in [1.82, 2.24) is 24.1 Å². The molecule has 4 aromatic heterocycles. The molecule has 168 valence electrons. The average molecular weight is 486 g/mol. The van der Waals surface area contributed by atoms with Crippen molar-refractivity contribution in [1.29, 1.82) is 0 Å². The van der Waals surface area contributed by atoms with Gasteiger partial charge in [-0.15, -0.1) is 32.9 Å². The Morgan fingerprint density at radius 3 is 2.84 bits per heavy atom. The molecule has 0 aromatic carbocycles. The minimum absolute atomic E-state index is 0.0271. The van der Waals surface area contributed by atoms with Gasteiger partial charge in [0.2, 0.25) is 0 Å². The summed E-state index contributed by atoms with van der Waals surface area (Å²) in [7, 11) is 2.02. The number of rotatable bonds is 4. The molecule has 0 saturated heterocycles. The predicted molar refractivity (Wildman–Crippen MR) is 133 cm³/mol. The van der Waals surface area contributed by atoms with E-state index < -0.39 is 0 Å². The van der Waals surface area contributed by atoms with E-state index in [4.69, 9.17) is 0 Å². The smallest absolute Gasteiger partial charge is 0.258 e. The maximum atomic E-state index is 12.4. The summed E-state index contributed by atoms with van der Waals surface area (Å²) >= 11 is 4.92. The van der Waals surface area contributed by atoms with Gasteiger partial charge in [-0.1, -0.05) is 32.5 Å². The number of thioether (sulfide) groups is 1. The van der Waals surface area contributed by atoms with E-state index in [1.54, 1.807) is 22.2 Å². The fraction of sp³-hybridized carbons (Fsp3) is 0.478. The summed E-state index contributed by atoms with van der Waals surface area (Å²) in [5.41, 5.74) is 3.49. The van der Waals surface area contributed by atoms with E-state index >= 15 is 0 Å². The van der Waals surface area contributed by atoms with Crippen LogP contribution < -0.4 is 5.56 Å². The van der Waals surface area contributed by atoms with Gasteiger partial charge < -0.3 is 4.57 Å². The van der Waals surface area contributed by atoms with Gasteiger partial charge in [-0.2, -0.15) is 0 Å². The van der Waals surface area contributed by atoms with Gasteiger partial charge in [0.15, 0.2) is 15.9 Å². The first kappa shape index (κ1) is 21.9. The lowest BCUT2D eigenvalue weighted by Gasteiger charge is -2.33. The maximum Gasteiger partial charge on any atom is 0.258 e. The molecule has 1 aliphatic carbocycles. The topological polar surface area (TPSA) is 65.1 Å². The molecule has 5 rings (SSSR count). The van der Waals surface area contributed by atoms with Crippen molar-refractivity contribution in [3.05, 3.63) is 49.7 Å². The number of hydrogen-bond donors (Lipinski definition) is 0. The molecule has 0 saturated carbocycles. The first-order valence-corrected chi connectivity index (χ1v) is 13.5. The van der Waals surface area contributed by atoms with E-state index in [1.807, 2.05) is 30.7 Å². The van der Waals surface area contributed by atoms with Crippen LogP contribution in [0, 0.1) is 18.3 Å². The number of fused-ring (bicyclic) bond motifs is 2. The second kappa shape index (κ2) is 8.11. The number of nitrogens with zero attached hydrogens (tertiary/aromatic N) is 5. The third kappa shape index (κ3) is 3.95. The lowest BCUT2D eigenvalue weighted by Crippen LogP contribution is -2.26. The average Bonchev–Trinajstić information content (AvgIpc) is 3.42. The fourth-order valence-corrected chi connectivity index (χ4v) is 7.26. The molecule has 4 aromatic rings. The second-order valence-corrected chi connectivity index (χ2v) is 12.5. The van der Waals surface area contributed by atoms with Crippen LogP contribution in [0.25, 0.3) is 15.7 Å². The fourth-order valence-electron chi connectivity index (χ4n) is 4.34. The van der Waals surface area contributed by atoms with Crippen molar-refractivity contribution in [3.8, 4) is 10.7 Å². The van der Waals surface area contributed by atoms with Crippen molar-refractivity contribution < 1.29 is 0 Å². The van der Waals surface area contributed by atoms with Crippen molar-refractivity contribution in [2.75, 3.05) is 0 Å². The summed E-state index contributed by atoms with van der Waals surface area (Å²) in [6.45, 7) is 8.97. The van der Waals surface area contributed by atoms with Crippen molar-refractivity contribution in [2.24, 2.45) is 18.4 Å². The van der Waals surface area contributed by atoms with Gasteiger partial charge in [-0.05, 0) is 49.1 Å². The summed E-state index contributed by atoms with van der Waals surface area (Å²) in [6.07, 6.45) is 3.57. The van der Waals surface area contributed by atoms with Crippen molar-refractivity contribution >= 4 is 39.4 Å². The quantitative estimate of drug-likeness (QED) is 0.364. The zero-order valence-corrected chi connectivity index (χ0v) is 21.5. The molecule has 0 bridgehead atoms. The lowest BCUT2D eigenvalue weighted by atomic mass is 9.72. The van der Waals surface area contributed by atoms with Gasteiger partial charge in [0.05, 0.1) is 10.6 Å². The van der Waals surface area contributed by atoms with Crippen LogP contribution in [0.4, 0.5) is 0 Å². The first-order valence-electron chi connectivity index (χ1n) is 10.8. The third-order valence-corrected chi connectivity index (χ3v) is 9.57. The molecule has 32 heavy (non-hydrogen) atoms. The summed E-state index contributed by atoms with van der Waals surface area (Å²) < 4.78 is 3.71. The highest BCUT2D eigenvalue weighted by Gasteiger charge is 2.30. The molecule has 4 heterocycles. The van der Waals surface area contributed by atoms with E-state index in [9.17, 15) is 4.79 Å². The van der Waals surface area contributed by atoms with E-state index in [0.717, 1.165) is 46.1 Å². The van der Waals surface area contributed by atoms with Gasteiger partial charge in [-0.25, -0.2) is 4.98 Å². The molecule has 1 unspecified atom stereocenters. The second-order valence-electron chi connectivity index (χ2n) is 9.60. The Morgan fingerprint density at radius 1 is 1.25 bits per heavy atom. The van der Waals surface area contributed by atoms with Crippen LogP contribution in [-0.4, -0.2) is 24.1 Å². The van der Waals surface area contributed by atoms with Gasteiger partial charge >= 0.3 is 0 Å². The maximum absolute atomic E-state index is 12.4. The Labute approximate surface area is 199 Å². The van der Waals surface area contributed by atoms with Crippen LogP contribution in [0.1, 0.15) is 49.0 Å². The van der Waals surface area contributed by atoms with E-state index in [0.29, 0.717) is 11.2 Å². The lowest BCUT2D eigenvalue weighted by molar-refractivity contribution is 0.217. The highest BCUT2D eigenvalue weighted by atomic mass is 32.2. The summed E-state index contributed by atoms with van der Waals surface area (Å²) in [6, 6.07) is 3.95. The summed E-state index contributed by atoms with van der Waals surface area (Å²) in [4.78, 5) is 20.5. The van der Waals surface area contributed by atoms with Gasteiger partial charge in [-0.3, -0.25) is 9.20 Å². The van der Waals surface area contributed by atoms with Crippen LogP contribution in [0.15, 0.2) is 27.5 Å². The summed E-state index contributed by atoms with van der Waals surface area (Å²) in [5.74, 6) is 2.23. The molecule has 0 aliphatic heterocycles. The predicted octanol–water partition coefficient (Wildman–Crippen LogP) is 5.36. The molecule has 9 heteroatoms. The Morgan fingerprint density at radius 2 is 2.06 bits per heavy atom. The van der Waals surface area contributed by atoms with Gasteiger partial charge in [0.1, 0.15) is 0 Å². The molecule has 0 N–H and O–H groups in total. The molecule has 0 spiro atoms. The standard InChI is InChI=1S/C23H27N5OS3/c1-13-11-30-21-24-16(10-19(29)28(13)21)12-31-22-26-25-20(27(22)5)18-9-14-8-15(23(2,3)4)6-7-17(14)32-18/h9-11,15H,6-8,12H2,1-5H3. The zero-order chi connectivity index (χ0) is 22.6. The highest BCUT2D eigenvalue weighted by molar-refractivity contribution is 7.98. The van der Waals surface area contributed by atoms with Crippen molar-refractivity contribution in [2.45, 2.75) is 57.9 Å². The largest absolute Gasteiger partial charge is 0.304 e. The van der Waals surface area contributed by atoms with Crippen LogP contribution in [0.2, 0.25) is 0 Å². The van der Waals surface area contributed by atoms with Crippen LogP contribution >= 0.6 is 34.4 Å². The molecule has 0 amide bonds. The van der Waals surface area contributed by atoms with E-state index in [-0.39, 0.29) is 5.56 Å².